The van der Waals surface area contributed by atoms with Gasteiger partial charge in [-0.05, 0) is 61.6 Å². The first-order valence-corrected chi connectivity index (χ1v) is 10.8. The molecule has 6 nitrogen and oxygen atoms in total. The molecule has 0 atom stereocenters. The van der Waals surface area contributed by atoms with Gasteiger partial charge in [0.05, 0.1) is 0 Å². The molecule has 2 fully saturated rings. The van der Waals surface area contributed by atoms with Crippen molar-refractivity contribution in [3.63, 3.8) is 0 Å². The Balaban J connectivity index is 0.00000272. The molecule has 4 rings (SSSR count). The van der Waals surface area contributed by atoms with Gasteiger partial charge in [0.1, 0.15) is 0 Å². The van der Waals surface area contributed by atoms with E-state index in [1.165, 1.54) is 5.56 Å². The highest BCUT2D eigenvalue weighted by Crippen LogP contribution is 2.41. The average Bonchev–Trinajstić information content (AvgIpc) is 3.15. The van der Waals surface area contributed by atoms with Gasteiger partial charge in [-0.1, -0.05) is 29.8 Å². The van der Waals surface area contributed by atoms with E-state index >= 15 is 0 Å². The fourth-order valence-corrected chi connectivity index (χ4v) is 5.05. The molecule has 1 aliphatic carbocycles. The first kappa shape index (κ1) is 23.4. The lowest BCUT2D eigenvalue weighted by Gasteiger charge is -2.42. The van der Waals surface area contributed by atoms with Gasteiger partial charge >= 0.3 is 6.03 Å². The van der Waals surface area contributed by atoms with Crippen molar-refractivity contribution in [2.75, 3.05) is 24.5 Å². The van der Waals surface area contributed by atoms with Gasteiger partial charge in [-0.2, -0.15) is 0 Å². The Morgan fingerprint density at radius 2 is 1.81 bits per heavy atom. The summed E-state index contributed by atoms with van der Waals surface area (Å²) in [5.41, 5.74) is 13.8. The van der Waals surface area contributed by atoms with E-state index in [0.29, 0.717) is 30.9 Å². The third-order valence-corrected chi connectivity index (χ3v) is 6.90. The predicted octanol–water partition coefficient (Wildman–Crippen LogP) is 3.94. The minimum Gasteiger partial charge on any atom is -0.366 e. The van der Waals surface area contributed by atoms with E-state index in [2.05, 4.69) is 6.07 Å². The number of nitrogens with two attached hydrogens (primary N) is 2. The molecule has 1 saturated carbocycles. The number of urea groups is 1. The Hall–Kier alpha value is -2.28. The standard InChI is InChI=1S/C23H27ClN4O2.ClH/c24-18-5-2-4-17(14-18)23(15-25)9-7-19(8-10-23)27-11-12-28(22(27)30)20-6-1-3-16(13-20)21(26)29;/h1-6,13-14,19H,7-12,15,25H2,(H2,26,29);1H/t19-,23-;. The van der Waals surface area contributed by atoms with Crippen LogP contribution in [0.4, 0.5) is 10.5 Å². The van der Waals surface area contributed by atoms with Gasteiger partial charge in [0.25, 0.3) is 0 Å². The number of hydrogen-bond acceptors (Lipinski definition) is 3. The van der Waals surface area contributed by atoms with Crippen LogP contribution in [0.3, 0.4) is 0 Å². The van der Waals surface area contributed by atoms with Crippen LogP contribution in [-0.2, 0) is 5.41 Å². The smallest absolute Gasteiger partial charge is 0.324 e. The second-order valence-corrected chi connectivity index (χ2v) is 8.70. The molecule has 1 heterocycles. The number of nitrogens with zero attached hydrogens (tertiary/aromatic N) is 2. The van der Waals surface area contributed by atoms with Crippen LogP contribution in [0.25, 0.3) is 0 Å². The summed E-state index contributed by atoms with van der Waals surface area (Å²) in [6, 6.07) is 15.1. The van der Waals surface area contributed by atoms with E-state index < -0.39 is 5.91 Å². The lowest BCUT2D eigenvalue weighted by atomic mass is 9.68. The summed E-state index contributed by atoms with van der Waals surface area (Å²) < 4.78 is 0. The van der Waals surface area contributed by atoms with Gasteiger partial charge in [0.2, 0.25) is 5.91 Å². The van der Waals surface area contributed by atoms with Crippen LogP contribution < -0.4 is 16.4 Å². The molecule has 31 heavy (non-hydrogen) atoms. The maximum Gasteiger partial charge on any atom is 0.324 e. The van der Waals surface area contributed by atoms with Gasteiger partial charge in [0, 0.05) is 47.4 Å². The van der Waals surface area contributed by atoms with Gasteiger partial charge in [0.15, 0.2) is 0 Å². The van der Waals surface area contributed by atoms with Crippen molar-refractivity contribution in [3.8, 4) is 0 Å². The van der Waals surface area contributed by atoms with E-state index in [0.717, 1.165) is 30.7 Å². The number of rotatable bonds is 5. The van der Waals surface area contributed by atoms with Gasteiger partial charge < -0.3 is 16.4 Å². The molecule has 166 valence electrons. The highest BCUT2D eigenvalue weighted by molar-refractivity contribution is 6.30. The van der Waals surface area contributed by atoms with Crippen LogP contribution in [0.1, 0.15) is 41.6 Å². The van der Waals surface area contributed by atoms with Crippen LogP contribution in [0.2, 0.25) is 5.02 Å². The Labute approximate surface area is 193 Å². The number of carbonyl (C=O) groups is 2. The number of primary amides is 1. The quantitative estimate of drug-likeness (QED) is 0.704. The van der Waals surface area contributed by atoms with Crippen LogP contribution in [0.5, 0.6) is 0 Å². The fraction of sp³-hybridized carbons (Fsp3) is 0.391. The van der Waals surface area contributed by atoms with Crippen LogP contribution >= 0.6 is 24.0 Å². The SMILES string of the molecule is Cl.NC[C@]1(c2cccc(Cl)c2)CC[C@H](N2CCN(c3cccc(C(N)=O)c3)C2=O)CC1. The molecule has 1 saturated heterocycles. The molecule has 1 aliphatic heterocycles. The number of carbonyl (C=O) groups excluding carboxylic acids is 2. The summed E-state index contributed by atoms with van der Waals surface area (Å²) in [4.78, 5) is 28.3. The average molecular weight is 463 g/mol. The molecule has 8 heteroatoms. The summed E-state index contributed by atoms with van der Waals surface area (Å²) in [5, 5.41) is 0.728. The van der Waals surface area contributed by atoms with E-state index in [1.54, 1.807) is 23.1 Å². The molecule has 0 radical (unpaired) electrons. The zero-order valence-electron chi connectivity index (χ0n) is 17.3. The second kappa shape index (κ2) is 9.47. The summed E-state index contributed by atoms with van der Waals surface area (Å²) in [6.45, 7) is 1.85. The van der Waals surface area contributed by atoms with Crippen molar-refractivity contribution >= 4 is 41.6 Å². The largest absolute Gasteiger partial charge is 0.366 e. The molecule has 2 aliphatic rings. The Bertz CT molecular complexity index is 960. The molecule has 0 spiro atoms. The normalized spacial score (nSPS) is 23.5. The molecular weight excluding hydrogens is 435 g/mol. The van der Waals surface area contributed by atoms with Crippen molar-refractivity contribution in [1.29, 1.82) is 0 Å². The van der Waals surface area contributed by atoms with E-state index in [1.807, 2.05) is 29.2 Å². The molecule has 2 aromatic carbocycles. The molecule has 2 aromatic rings. The minimum atomic E-state index is -0.494. The maximum absolute atomic E-state index is 13.1. The molecule has 3 amide bonds. The van der Waals surface area contributed by atoms with Crippen molar-refractivity contribution < 1.29 is 9.59 Å². The number of benzene rings is 2. The second-order valence-electron chi connectivity index (χ2n) is 8.27. The number of hydrogen-bond donors (Lipinski definition) is 2. The molecule has 4 N–H and O–H groups in total. The number of amides is 3. The van der Waals surface area contributed by atoms with Crippen LogP contribution in [-0.4, -0.2) is 42.5 Å². The van der Waals surface area contributed by atoms with Crippen molar-refractivity contribution in [3.05, 3.63) is 64.7 Å². The first-order valence-electron chi connectivity index (χ1n) is 10.4. The lowest BCUT2D eigenvalue weighted by molar-refractivity contribution is 0.1000. The summed E-state index contributed by atoms with van der Waals surface area (Å²) >= 11 is 6.21. The monoisotopic (exact) mass is 462 g/mol. The third kappa shape index (κ3) is 4.52. The van der Waals surface area contributed by atoms with Crippen molar-refractivity contribution in [2.45, 2.75) is 37.1 Å². The Morgan fingerprint density at radius 3 is 2.45 bits per heavy atom. The van der Waals surface area contributed by atoms with Crippen LogP contribution in [0.15, 0.2) is 48.5 Å². The van der Waals surface area contributed by atoms with E-state index in [4.69, 9.17) is 23.1 Å². The van der Waals surface area contributed by atoms with E-state index in [-0.39, 0.29) is 29.9 Å². The topological polar surface area (TPSA) is 92.7 Å². The third-order valence-electron chi connectivity index (χ3n) is 6.66. The lowest BCUT2D eigenvalue weighted by Crippen LogP contribution is -2.46. The first-order chi connectivity index (χ1) is 14.4. The van der Waals surface area contributed by atoms with Crippen molar-refractivity contribution in [1.82, 2.24) is 4.90 Å². The Morgan fingerprint density at radius 1 is 1.10 bits per heavy atom. The number of halogens is 2. The molecule has 0 unspecified atom stereocenters. The molecular formula is C23H28Cl2N4O2. The van der Waals surface area contributed by atoms with Crippen molar-refractivity contribution in [2.24, 2.45) is 11.5 Å². The number of anilines is 1. The summed E-state index contributed by atoms with van der Waals surface area (Å²) in [6.07, 6.45) is 3.67. The van der Waals surface area contributed by atoms with Gasteiger partial charge in [-0.3, -0.25) is 9.69 Å². The Kier molecular flexibility index (Phi) is 7.14. The molecule has 0 bridgehead atoms. The summed E-state index contributed by atoms with van der Waals surface area (Å²) in [7, 11) is 0. The zero-order chi connectivity index (χ0) is 21.3. The molecule has 0 aromatic heterocycles. The maximum atomic E-state index is 13.1. The van der Waals surface area contributed by atoms with Gasteiger partial charge in [-0.15, -0.1) is 12.4 Å². The van der Waals surface area contributed by atoms with Gasteiger partial charge in [-0.25, -0.2) is 4.79 Å². The zero-order valence-corrected chi connectivity index (χ0v) is 18.9. The van der Waals surface area contributed by atoms with Crippen LogP contribution in [0, 0.1) is 0 Å². The predicted molar refractivity (Wildman–Crippen MR) is 126 cm³/mol. The minimum absolute atomic E-state index is 0. The van der Waals surface area contributed by atoms with E-state index in [9.17, 15) is 9.59 Å². The fourth-order valence-electron chi connectivity index (χ4n) is 4.86. The highest BCUT2D eigenvalue weighted by atomic mass is 35.5. The summed E-state index contributed by atoms with van der Waals surface area (Å²) in [5.74, 6) is -0.494. The highest BCUT2D eigenvalue weighted by Gasteiger charge is 2.41.